The molecule has 0 aliphatic carbocycles. The monoisotopic (exact) mass is 442 g/mol. The summed E-state index contributed by atoms with van der Waals surface area (Å²) in [6.45, 7) is 1.88. The van der Waals surface area contributed by atoms with Crippen molar-refractivity contribution in [3.05, 3.63) is 79.9 Å². The van der Waals surface area contributed by atoms with E-state index in [1.807, 2.05) is 6.92 Å². The molecule has 11 heteroatoms. The molecule has 2 heterocycles. The number of nitro benzene ring substituents is 1. The van der Waals surface area contributed by atoms with Crippen molar-refractivity contribution in [1.29, 1.82) is 0 Å². The Labute approximate surface area is 174 Å². The molecule has 0 atom stereocenters. The van der Waals surface area contributed by atoms with Gasteiger partial charge in [-0.15, -0.1) is 11.3 Å². The van der Waals surface area contributed by atoms with E-state index in [-0.39, 0.29) is 31.4 Å². The lowest BCUT2D eigenvalue weighted by Crippen LogP contribution is -2.24. The number of nitro groups is 1. The summed E-state index contributed by atoms with van der Waals surface area (Å²) in [6.07, 6.45) is 0. The predicted molar refractivity (Wildman–Crippen MR) is 113 cm³/mol. The molecule has 0 aliphatic heterocycles. The molecule has 0 spiro atoms. The third-order valence-corrected chi connectivity index (χ3v) is 7.05. The van der Waals surface area contributed by atoms with Gasteiger partial charge in [-0.2, -0.15) is 9.78 Å². The number of nitrogen functional groups attached to an aromatic ring is 1. The Morgan fingerprint density at radius 1 is 1.10 bits per heavy atom. The Balaban J connectivity index is 2.00. The molecule has 2 aromatic heterocycles. The van der Waals surface area contributed by atoms with Crippen molar-refractivity contribution in [1.82, 2.24) is 9.78 Å². The molecule has 4 rings (SSSR count). The highest BCUT2D eigenvalue weighted by molar-refractivity contribution is 7.91. The zero-order valence-corrected chi connectivity index (χ0v) is 17.1. The summed E-state index contributed by atoms with van der Waals surface area (Å²) >= 11 is 1.04. The number of anilines is 1. The number of fused-ring (bicyclic) bond motifs is 1. The zero-order chi connectivity index (χ0) is 21.6. The van der Waals surface area contributed by atoms with Gasteiger partial charge in [0.2, 0.25) is 9.84 Å². The average molecular weight is 442 g/mol. The minimum Gasteiger partial charge on any atom is -0.390 e. The number of aromatic nitrogens is 2. The summed E-state index contributed by atoms with van der Waals surface area (Å²) in [4.78, 5) is 23.1. The molecule has 0 saturated carbocycles. The van der Waals surface area contributed by atoms with Gasteiger partial charge in [-0.1, -0.05) is 17.7 Å². The van der Waals surface area contributed by atoms with Crippen molar-refractivity contribution >= 4 is 42.6 Å². The molecule has 30 heavy (non-hydrogen) atoms. The molecule has 0 aliphatic rings. The first-order valence-electron chi connectivity index (χ1n) is 8.57. The number of sulfone groups is 1. The van der Waals surface area contributed by atoms with Gasteiger partial charge >= 0.3 is 0 Å². The highest BCUT2D eigenvalue weighted by Crippen LogP contribution is 2.32. The van der Waals surface area contributed by atoms with E-state index in [0.717, 1.165) is 45.8 Å². The topological polar surface area (TPSA) is 138 Å². The van der Waals surface area contributed by atoms with E-state index in [1.165, 1.54) is 5.38 Å². The first-order chi connectivity index (χ1) is 14.2. The lowest BCUT2D eigenvalue weighted by Gasteiger charge is -2.10. The van der Waals surface area contributed by atoms with Crippen LogP contribution in [0.4, 0.5) is 10.7 Å². The highest BCUT2D eigenvalue weighted by Gasteiger charge is 2.27. The summed E-state index contributed by atoms with van der Waals surface area (Å²) in [5.41, 5.74) is 6.54. The van der Waals surface area contributed by atoms with Crippen LogP contribution < -0.4 is 11.3 Å². The van der Waals surface area contributed by atoms with E-state index in [4.69, 9.17) is 5.73 Å². The molecule has 152 valence electrons. The van der Waals surface area contributed by atoms with Gasteiger partial charge in [0.05, 0.1) is 25.9 Å². The Kier molecular flexibility index (Phi) is 4.63. The number of aryl methyl sites for hydroxylation is 1. The van der Waals surface area contributed by atoms with Crippen LogP contribution in [0.3, 0.4) is 0 Å². The molecule has 0 bridgehead atoms. The summed E-state index contributed by atoms with van der Waals surface area (Å²) in [5, 5.41) is 16.5. The Bertz CT molecular complexity index is 1450. The van der Waals surface area contributed by atoms with Gasteiger partial charge in [-0.25, -0.2) is 8.42 Å². The summed E-state index contributed by atoms with van der Waals surface area (Å²) in [6, 6.07) is 11.3. The fraction of sp³-hybridized carbons (Fsp3) is 0.0526. The number of hydrogen-bond donors (Lipinski definition) is 1. The van der Waals surface area contributed by atoms with Crippen LogP contribution in [0.15, 0.2) is 68.6 Å². The Morgan fingerprint density at radius 3 is 2.33 bits per heavy atom. The second kappa shape index (κ2) is 7.04. The maximum Gasteiger partial charge on any atom is 0.282 e. The van der Waals surface area contributed by atoms with Crippen LogP contribution >= 0.6 is 11.3 Å². The lowest BCUT2D eigenvalue weighted by molar-refractivity contribution is -0.384. The summed E-state index contributed by atoms with van der Waals surface area (Å²) < 4.78 is 27.6. The van der Waals surface area contributed by atoms with E-state index in [1.54, 1.807) is 24.3 Å². The van der Waals surface area contributed by atoms with E-state index in [0.29, 0.717) is 5.69 Å². The zero-order valence-electron chi connectivity index (χ0n) is 15.5. The smallest absolute Gasteiger partial charge is 0.282 e. The third kappa shape index (κ3) is 3.13. The van der Waals surface area contributed by atoms with Gasteiger partial charge in [-0.3, -0.25) is 14.9 Å². The lowest BCUT2D eigenvalue weighted by atomic mass is 10.2. The molecule has 0 fully saturated rings. The van der Waals surface area contributed by atoms with Crippen LogP contribution in [-0.4, -0.2) is 23.1 Å². The van der Waals surface area contributed by atoms with Crippen LogP contribution in [0.1, 0.15) is 5.56 Å². The Morgan fingerprint density at radius 2 is 1.73 bits per heavy atom. The van der Waals surface area contributed by atoms with Crippen LogP contribution in [0, 0.1) is 17.0 Å². The molecule has 2 N–H and O–H groups in total. The van der Waals surface area contributed by atoms with E-state index in [9.17, 15) is 23.3 Å². The highest BCUT2D eigenvalue weighted by atomic mass is 32.2. The fourth-order valence-corrected chi connectivity index (χ4v) is 5.19. The molecule has 4 aromatic rings. The number of hydrogen-bond acceptors (Lipinski definition) is 8. The fourth-order valence-electron chi connectivity index (χ4n) is 2.97. The van der Waals surface area contributed by atoms with Crippen LogP contribution in [-0.2, 0) is 9.84 Å². The van der Waals surface area contributed by atoms with E-state index < -0.39 is 20.3 Å². The number of non-ortho nitro benzene ring substituents is 1. The van der Waals surface area contributed by atoms with Crippen LogP contribution in [0.2, 0.25) is 0 Å². The standard InChI is InChI=1S/C19H14N4O5S2/c1-11-2-4-12(5-3-11)22-19(24)16-15(10-29-17(16)20)18(21-22)30(27,28)14-8-6-13(7-9-14)23(25)26/h2-10H,20H2,1H3. The van der Waals surface area contributed by atoms with Crippen molar-refractivity contribution in [2.45, 2.75) is 16.8 Å². The first-order valence-corrected chi connectivity index (χ1v) is 10.9. The molecule has 0 amide bonds. The minimum atomic E-state index is -4.19. The van der Waals surface area contributed by atoms with E-state index >= 15 is 0 Å². The van der Waals surface area contributed by atoms with Crippen LogP contribution in [0.5, 0.6) is 0 Å². The molecule has 9 nitrogen and oxygen atoms in total. The number of nitrogens with zero attached hydrogens (tertiary/aromatic N) is 3. The van der Waals surface area contributed by atoms with E-state index in [2.05, 4.69) is 5.10 Å². The molecule has 0 unspecified atom stereocenters. The largest absolute Gasteiger partial charge is 0.390 e. The molecule has 0 radical (unpaired) electrons. The quantitative estimate of drug-likeness (QED) is 0.378. The molecule has 2 aromatic carbocycles. The van der Waals surface area contributed by atoms with Crippen molar-refractivity contribution < 1.29 is 13.3 Å². The van der Waals surface area contributed by atoms with Gasteiger partial charge in [-0.05, 0) is 31.2 Å². The van der Waals surface area contributed by atoms with Gasteiger partial charge in [0.25, 0.3) is 11.2 Å². The average Bonchev–Trinajstić information content (AvgIpc) is 3.11. The Hall–Kier alpha value is -3.57. The van der Waals surface area contributed by atoms with Crippen molar-refractivity contribution in [2.24, 2.45) is 0 Å². The maximum absolute atomic E-state index is 13.3. The minimum absolute atomic E-state index is 0.0658. The van der Waals surface area contributed by atoms with Gasteiger partial charge in [0, 0.05) is 22.9 Å². The summed E-state index contributed by atoms with van der Waals surface area (Å²) in [7, 11) is -4.19. The predicted octanol–water partition coefficient (Wildman–Crippen LogP) is 3.08. The number of nitrogens with two attached hydrogens (primary N) is 1. The first kappa shape index (κ1) is 19.7. The van der Waals surface area contributed by atoms with Crippen molar-refractivity contribution in [3.63, 3.8) is 0 Å². The van der Waals surface area contributed by atoms with Crippen molar-refractivity contribution in [3.8, 4) is 5.69 Å². The van der Waals surface area contributed by atoms with Crippen LogP contribution in [0.25, 0.3) is 16.5 Å². The maximum atomic E-state index is 13.3. The number of thiophene rings is 1. The van der Waals surface area contributed by atoms with Gasteiger partial charge < -0.3 is 5.73 Å². The van der Waals surface area contributed by atoms with Gasteiger partial charge in [0.15, 0.2) is 5.03 Å². The third-order valence-electron chi connectivity index (χ3n) is 4.54. The second-order valence-electron chi connectivity index (χ2n) is 6.50. The second-order valence-corrected chi connectivity index (χ2v) is 9.28. The number of rotatable bonds is 4. The molecular formula is C19H14N4O5S2. The summed E-state index contributed by atoms with van der Waals surface area (Å²) in [5.74, 6) is 0. The number of benzene rings is 2. The SMILES string of the molecule is Cc1ccc(-n2nc(S(=O)(=O)c3ccc([N+](=O)[O-])cc3)c3csc(N)c3c2=O)cc1. The normalized spacial score (nSPS) is 11.6. The molecule has 0 saturated heterocycles. The van der Waals surface area contributed by atoms with Gasteiger partial charge in [0.1, 0.15) is 0 Å². The van der Waals surface area contributed by atoms with Crippen molar-refractivity contribution in [2.75, 3.05) is 5.73 Å². The molecular weight excluding hydrogens is 428 g/mol.